The average molecular weight is 311 g/mol. The fourth-order valence-electron chi connectivity index (χ4n) is 1.91. The normalized spacial score (nSPS) is 20.7. The maximum atomic E-state index is 12.1. The van der Waals surface area contributed by atoms with Gasteiger partial charge in [0.1, 0.15) is 0 Å². The molecular weight excluding hydrogens is 295 g/mol. The van der Waals surface area contributed by atoms with Crippen LogP contribution in [0.2, 0.25) is 5.02 Å². The first kappa shape index (κ1) is 15.7. The van der Waals surface area contributed by atoms with E-state index in [9.17, 15) is 8.42 Å². The Morgan fingerprint density at radius 1 is 1.39 bits per heavy atom. The van der Waals surface area contributed by atoms with Crippen LogP contribution in [0.25, 0.3) is 0 Å². The number of halogens is 2. The van der Waals surface area contributed by atoms with Gasteiger partial charge in [-0.05, 0) is 18.1 Å². The second-order valence-electron chi connectivity index (χ2n) is 4.25. The lowest BCUT2D eigenvalue weighted by Crippen LogP contribution is -2.32. The zero-order valence-corrected chi connectivity index (χ0v) is 12.1. The molecule has 0 aliphatic carbocycles. The van der Waals surface area contributed by atoms with Crippen LogP contribution in [0.5, 0.6) is 0 Å². The fraction of sp³-hybridized carbons (Fsp3) is 0.455. The van der Waals surface area contributed by atoms with Gasteiger partial charge >= 0.3 is 0 Å². The Bertz CT molecular complexity index is 508. The average Bonchev–Trinajstić information content (AvgIpc) is 2.69. The number of sulfonamides is 1. The minimum Gasteiger partial charge on any atom is -0.326 e. The maximum absolute atomic E-state index is 12.1. The van der Waals surface area contributed by atoms with Crippen molar-refractivity contribution >= 4 is 34.0 Å². The molecule has 7 heteroatoms. The van der Waals surface area contributed by atoms with E-state index in [4.69, 9.17) is 17.3 Å². The van der Waals surface area contributed by atoms with Crippen molar-refractivity contribution < 1.29 is 8.42 Å². The second kappa shape index (κ2) is 6.21. The van der Waals surface area contributed by atoms with Crippen LogP contribution >= 0.6 is 24.0 Å². The molecule has 2 N–H and O–H groups in total. The van der Waals surface area contributed by atoms with Gasteiger partial charge in [0.2, 0.25) is 10.0 Å². The van der Waals surface area contributed by atoms with E-state index in [1.54, 1.807) is 24.3 Å². The van der Waals surface area contributed by atoms with Crippen LogP contribution in [0, 0.1) is 0 Å². The molecule has 2 rings (SSSR count). The number of hydrogen-bond donors (Lipinski definition) is 1. The summed E-state index contributed by atoms with van der Waals surface area (Å²) < 4.78 is 25.7. The van der Waals surface area contributed by atoms with E-state index < -0.39 is 10.0 Å². The SMILES string of the molecule is Cl.NC1CCN(S(=O)(=O)Cc2ccccc2Cl)C1. The molecule has 0 spiro atoms. The molecule has 1 saturated heterocycles. The van der Waals surface area contributed by atoms with Crippen molar-refractivity contribution in [1.82, 2.24) is 4.31 Å². The summed E-state index contributed by atoms with van der Waals surface area (Å²) in [6, 6.07) is 6.95. The number of rotatable bonds is 3. The van der Waals surface area contributed by atoms with E-state index in [-0.39, 0.29) is 24.2 Å². The summed E-state index contributed by atoms with van der Waals surface area (Å²) >= 11 is 5.96. The second-order valence-corrected chi connectivity index (χ2v) is 6.63. The molecule has 1 atom stereocenters. The molecule has 4 nitrogen and oxygen atoms in total. The predicted molar refractivity (Wildman–Crippen MR) is 75.5 cm³/mol. The third kappa shape index (κ3) is 3.59. The lowest BCUT2D eigenvalue weighted by molar-refractivity contribution is 0.471. The van der Waals surface area contributed by atoms with Gasteiger partial charge in [0, 0.05) is 24.2 Å². The Morgan fingerprint density at radius 2 is 2.06 bits per heavy atom. The fourth-order valence-corrected chi connectivity index (χ4v) is 3.82. The number of benzene rings is 1. The molecule has 0 aromatic heterocycles. The Balaban J connectivity index is 0.00000162. The van der Waals surface area contributed by atoms with Crippen molar-refractivity contribution in [3.8, 4) is 0 Å². The largest absolute Gasteiger partial charge is 0.326 e. The number of nitrogens with two attached hydrogens (primary N) is 1. The molecule has 1 fully saturated rings. The van der Waals surface area contributed by atoms with E-state index in [0.29, 0.717) is 23.7 Å². The molecule has 1 unspecified atom stereocenters. The van der Waals surface area contributed by atoms with Gasteiger partial charge in [-0.2, -0.15) is 0 Å². The highest BCUT2D eigenvalue weighted by Crippen LogP contribution is 2.21. The first-order valence-electron chi connectivity index (χ1n) is 5.46. The van der Waals surface area contributed by atoms with Gasteiger partial charge in [-0.25, -0.2) is 12.7 Å². The number of nitrogens with zero attached hydrogens (tertiary/aromatic N) is 1. The highest BCUT2D eigenvalue weighted by atomic mass is 35.5. The van der Waals surface area contributed by atoms with E-state index >= 15 is 0 Å². The number of hydrogen-bond acceptors (Lipinski definition) is 3. The molecule has 0 saturated carbocycles. The lowest BCUT2D eigenvalue weighted by atomic mass is 10.2. The van der Waals surface area contributed by atoms with Gasteiger partial charge < -0.3 is 5.73 Å². The summed E-state index contributed by atoms with van der Waals surface area (Å²) in [4.78, 5) is 0. The summed E-state index contributed by atoms with van der Waals surface area (Å²) in [7, 11) is -3.30. The van der Waals surface area contributed by atoms with Gasteiger partial charge in [0.05, 0.1) is 5.75 Å². The van der Waals surface area contributed by atoms with Gasteiger partial charge in [-0.1, -0.05) is 29.8 Å². The molecule has 18 heavy (non-hydrogen) atoms. The van der Waals surface area contributed by atoms with E-state index in [0.717, 1.165) is 6.42 Å². The van der Waals surface area contributed by atoms with Gasteiger partial charge in [-0.15, -0.1) is 12.4 Å². The first-order valence-corrected chi connectivity index (χ1v) is 7.44. The topological polar surface area (TPSA) is 63.4 Å². The lowest BCUT2D eigenvalue weighted by Gasteiger charge is -2.16. The van der Waals surface area contributed by atoms with Crippen molar-refractivity contribution in [2.75, 3.05) is 13.1 Å². The molecule has 1 aromatic carbocycles. The summed E-state index contributed by atoms with van der Waals surface area (Å²) in [5.41, 5.74) is 6.35. The van der Waals surface area contributed by atoms with Crippen molar-refractivity contribution in [2.45, 2.75) is 18.2 Å². The van der Waals surface area contributed by atoms with Crippen LogP contribution in [-0.2, 0) is 15.8 Å². The summed E-state index contributed by atoms with van der Waals surface area (Å²) in [5.74, 6) is -0.0562. The Morgan fingerprint density at radius 3 is 2.61 bits per heavy atom. The molecule has 1 aliphatic heterocycles. The minimum absolute atomic E-state index is 0. The predicted octanol–water partition coefficient (Wildman–Crippen LogP) is 1.62. The molecule has 1 aliphatic rings. The van der Waals surface area contributed by atoms with Crippen molar-refractivity contribution in [2.24, 2.45) is 5.73 Å². The first-order chi connectivity index (χ1) is 7.99. The molecule has 102 valence electrons. The van der Waals surface area contributed by atoms with E-state index in [2.05, 4.69) is 0 Å². The van der Waals surface area contributed by atoms with Crippen LogP contribution in [0.15, 0.2) is 24.3 Å². The van der Waals surface area contributed by atoms with Gasteiger partial charge in [0.15, 0.2) is 0 Å². The van der Waals surface area contributed by atoms with Crippen LogP contribution in [0.4, 0.5) is 0 Å². The highest BCUT2D eigenvalue weighted by Gasteiger charge is 2.29. The van der Waals surface area contributed by atoms with Crippen molar-refractivity contribution in [3.63, 3.8) is 0 Å². The molecular formula is C11H16Cl2N2O2S. The zero-order chi connectivity index (χ0) is 12.5. The smallest absolute Gasteiger partial charge is 0.218 e. The van der Waals surface area contributed by atoms with Crippen LogP contribution in [0.3, 0.4) is 0 Å². The Hall–Kier alpha value is -0.330. The third-order valence-electron chi connectivity index (χ3n) is 2.88. The standard InChI is InChI=1S/C11H15ClN2O2S.ClH/c12-11-4-2-1-3-9(11)8-17(15,16)14-6-5-10(13)7-14;/h1-4,10H,5-8,13H2;1H. The maximum Gasteiger partial charge on any atom is 0.218 e. The van der Waals surface area contributed by atoms with Crippen LogP contribution in [0.1, 0.15) is 12.0 Å². The van der Waals surface area contributed by atoms with E-state index in [1.807, 2.05) is 0 Å². The van der Waals surface area contributed by atoms with Gasteiger partial charge in [0.25, 0.3) is 0 Å². The molecule has 1 heterocycles. The molecule has 0 amide bonds. The van der Waals surface area contributed by atoms with Crippen LogP contribution < -0.4 is 5.73 Å². The minimum atomic E-state index is -3.30. The Labute approximate surface area is 119 Å². The summed E-state index contributed by atoms with van der Waals surface area (Å²) in [6.45, 7) is 0.917. The quantitative estimate of drug-likeness (QED) is 0.923. The Kier molecular flexibility index (Phi) is 5.43. The van der Waals surface area contributed by atoms with Crippen molar-refractivity contribution in [1.29, 1.82) is 0 Å². The van der Waals surface area contributed by atoms with Crippen molar-refractivity contribution in [3.05, 3.63) is 34.9 Å². The highest BCUT2D eigenvalue weighted by molar-refractivity contribution is 7.88. The summed E-state index contributed by atoms with van der Waals surface area (Å²) in [5, 5.41) is 0.486. The molecule has 0 radical (unpaired) electrons. The monoisotopic (exact) mass is 310 g/mol. The van der Waals surface area contributed by atoms with Gasteiger partial charge in [-0.3, -0.25) is 0 Å². The molecule has 1 aromatic rings. The third-order valence-corrected chi connectivity index (χ3v) is 5.04. The zero-order valence-electron chi connectivity index (χ0n) is 9.75. The van der Waals surface area contributed by atoms with E-state index in [1.165, 1.54) is 4.31 Å². The summed E-state index contributed by atoms with van der Waals surface area (Å²) in [6.07, 6.45) is 0.724. The van der Waals surface area contributed by atoms with Crippen LogP contribution in [-0.4, -0.2) is 31.9 Å². The molecule has 0 bridgehead atoms.